The molecule has 1 fully saturated rings. The van der Waals surface area contributed by atoms with Crippen molar-refractivity contribution in [2.24, 2.45) is 5.41 Å². The third kappa shape index (κ3) is 7.40. The maximum atomic E-state index is 14.2. The number of piperidine rings is 1. The molecule has 0 radical (unpaired) electrons. The number of carbonyl (C=O) groups excluding carboxylic acids is 1. The molecule has 1 aliphatic carbocycles. The molecule has 4 rings (SSSR count). The molecular weight excluding hydrogens is 682 g/mol. The fraction of sp³-hybridized carbons (Fsp3) is 0.586. The zero-order valence-electron chi connectivity index (χ0n) is 24.8. The molecule has 7 nitrogen and oxygen atoms in total. The summed E-state index contributed by atoms with van der Waals surface area (Å²) < 4.78 is 164. The first kappa shape index (κ1) is 37.3. The molecule has 48 heavy (non-hydrogen) atoms. The number of carboxylic acid groups (broad SMARTS) is 1. The van der Waals surface area contributed by atoms with Crippen LogP contribution in [0.2, 0.25) is 0 Å². The Labute approximate surface area is 264 Å². The smallest absolute Gasteiger partial charge is 0.431 e. The van der Waals surface area contributed by atoms with Crippen molar-refractivity contribution in [1.29, 1.82) is 0 Å². The number of alkyl halides is 12. The molecule has 0 aromatic heterocycles. The maximum absolute atomic E-state index is 14.2. The molecule has 0 bridgehead atoms. The van der Waals surface area contributed by atoms with E-state index in [0.717, 1.165) is 7.05 Å². The van der Waals surface area contributed by atoms with Crippen molar-refractivity contribution in [2.75, 3.05) is 26.7 Å². The Bertz CT molecular complexity index is 1470. The summed E-state index contributed by atoms with van der Waals surface area (Å²) in [5.41, 5.74) is -6.97. The predicted octanol–water partition coefficient (Wildman–Crippen LogP) is 5.60. The molecule has 1 aromatic rings. The van der Waals surface area contributed by atoms with Gasteiger partial charge in [-0.2, -0.15) is 52.7 Å². The number of carboxylic acids is 1. The predicted molar refractivity (Wildman–Crippen MR) is 142 cm³/mol. The second-order valence-electron chi connectivity index (χ2n) is 12.0. The van der Waals surface area contributed by atoms with Gasteiger partial charge in [0.25, 0.3) is 0 Å². The number of likely N-dealkylation sites (N-methyl/N-ethyl adjacent to an activating group) is 1. The molecule has 1 saturated heterocycles. The number of nitrogens with zero attached hydrogens (tertiary/aromatic N) is 2. The molecule has 1 aromatic carbocycles. The number of rotatable bonds is 7. The normalized spacial score (nSPS) is 23.1. The van der Waals surface area contributed by atoms with E-state index in [-0.39, 0.29) is 40.5 Å². The van der Waals surface area contributed by atoms with Crippen molar-refractivity contribution < 1.29 is 72.5 Å². The van der Waals surface area contributed by atoms with Gasteiger partial charge < -0.3 is 20.4 Å². The van der Waals surface area contributed by atoms with E-state index in [2.05, 4.69) is 0 Å². The third-order valence-corrected chi connectivity index (χ3v) is 9.07. The van der Waals surface area contributed by atoms with Crippen LogP contribution in [0.3, 0.4) is 0 Å². The van der Waals surface area contributed by atoms with E-state index in [1.165, 1.54) is 18.2 Å². The minimum absolute atomic E-state index is 0.0566. The summed E-state index contributed by atoms with van der Waals surface area (Å²) in [5.74, 6) is -4.83. The van der Waals surface area contributed by atoms with Gasteiger partial charge in [0.15, 0.2) is 0 Å². The summed E-state index contributed by atoms with van der Waals surface area (Å²) in [5, 5.41) is 22.4. The first-order chi connectivity index (χ1) is 21.9. The number of hydrogen-bond donors (Lipinski definition) is 3. The van der Waals surface area contributed by atoms with Crippen molar-refractivity contribution >= 4 is 11.9 Å². The SMILES string of the molecule is CN1C(C(F)(F)F)=CC(C(F)(F)F)=C([C@@H]2CCc3c(C[C@H](NC(=O)C4(C(F)(F)F)CCN(CC(F)(F)F)CC4)C(=O)O)cccc32)C1O. The van der Waals surface area contributed by atoms with Gasteiger partial charge in [0.2, 0.25) is 5.91 Å². The molecular formula is C29H29F12N3O4. The summed E-state index contributed by atoms with van der Waals surface area (Å²) >= 11 is 0. The standard InChI is InChI=1S/C29H29F12N3O4/c1-43-20(28(36,37)38)12-18(27(33,34)35)21(22(43)45)17-6-5-15-14(3-2-4-16(15)17)11-19(23(46)47)42-24(48)25(29(39,40)41)7-9-44(10-8-25)13-26(30,31)32/h2-4,12,17,19,22,45H,5-11,13H2,1H3,(H,42,48)(H,46,47)/t17-,19+,22?/m1/s1. The van der Waals surface area contributed by atoms with Crippen molar-refractivity contribution in [3.8, 4) is 0 Å². The Morgan fingerprint density at radius 1 is 0.979 bits per heavy atom. The molecule has 3 N–H and O–H groups in total. The highest BCUT2D eigenvalue weighted by molar-refractivity contribution is 5.88. The van der Waals surface area contributed by atoms with Gasteiger partial charge in [0.1, 0.15) is 23.4 Å². The van der Waals surface area contributed by atoms with Crippen LogP contribution in [-0.4, -0.2) is 95.5 Å². The Morgan fingerprint density at radius 3 is 2.08 bits per heavy atom. The monoisotopic (exact) mass is 711 g/mol. The second-order valence-corrected chi connectivity index (χ2v) is 12.0. The minimum atomic E-state index is -5.32. The summed E-state index contributed by atoms with van der Waals surface area (Å²) in [7, 11) is 0.761. The number of fused-ring (bicyclic) bond motifs is 1. The van der Waals surface area contributed by atoms with Gasteiger partial charge in [-0.25, -0.2) is 4.79 Å². The Balaban J connectivity index is 1.64. The largest absolute Gasteiger partial charge is 0.480 e. The highest BCUT2D eigenvalue weighted by Crippen LogP contribution is 2.50. The molecule has 3 aliphatic rings. The number of amides is 1. The van der Waals surface area contributed by atoms with Crippen LogP contribution in [0.15, 0.2) is 41.1 Å². The maximum Gasteiger partial charge on any atom is 0.431 e. The Kier molecular flexibility index (Phi) is 9.93. The van der Waals surface area contributed by atoms with Gasteiger partial charge in [0, 0.05) is 19.4 Å². The summed E-state index contributed by atoms with van der Waals surface area (Å²) in [6.45, 7) is -3.02. The zero-order valence-corrected chi connectivity index (χ0v) is 24.8. The van der Waals surface area contributed by atoms with E-state index in [4.69, 9.17) is 0 Å². The van der Waals surface area contributed by atoms with Crippen molar-refractivity contribution in [2.45, 2.75) is 75.0 Å². The van der Waals surface area contributed by atoms with Gasteiger partial charge >= 0.3 is 30.7 Å². The van der Waals surface area contributed by atoms with Crippen LogP contribution in [0.25, 0.3) is 0 Å². The first-order valence-electron chi connectivity index (χ1n) is 14.4. The number of likely N-dealkylation sites (tertiary alicyclic amines) is 1. The Morgan fingerprint density at radius 2 is 1.58 bits per heavy atom. The summed E-state index contributed by atoms with van der Waals surface area (Å²) in [6.07, 6.45) is -26.0. The number of aliphatic hydroxyl groups excluding tert-OH is 1. The highest BCUT2D eigenvalue weighted by Gasteiger charge is 2.61. The molecule has 2 heterocycles. The number of hydrogen-bond acceptors (Lipinski definition) is 5. The molecule has 0 spiro atoms. The molecule has 268 valence electrons. The number of halogens is 12. The second kappa shape index (κ2) is 12.8. The summed E-state index contributed by atoms with van der Waals surface area (Å²) in [4.78, 5) is 26.2. The van der Waals surface area contributed by atoms with Crippen molar-refractivity contribution in [3.63, 3.8) is 0 Å². The fourth-order valence-corrected chi connectivity index (χ4v) is 6.64. The van der Waals surface area contributed by atoms with E-state index in [9.17, 15) is 72.5 Å². The van der Waals surface area contributed by atoms with E-state index >= 15 is 0 Å². The van der Waals surface area contributed by atoms with Crippen LogP contribution in [-0.2, 0) is 22.4 Å². The average Bonchev–Trinajstić information content (AvgIpc) is 3.36. The fourth-order valence-electron chi connectivity index (χ4n) is 6.64. The lowest BCUT2D eigenvalue weighted by Gasteiger charge is -2.42. The lowest BCUT2D eigenvalue weighted by Crippen LogP contribution is -2.59. The van der Waals surface area contributed by atoms with Crippen LogP contribution in [0.1, 0.15) is 41.9 Å². The lowest BCUT2D eigenvalue weighted by molar-refractivity contribution is -0.236. The number of aliphatic carboxylic acids is 1. The third-order valence-electron chi connectivity index (χ3n) is 9.07. The molecule has 2 aliphatic heterocycles. The topological polar surface area (TPSA) is 93.1 Å². The highest BCUT2D eigenvalue weighted by atomic mass is 19.4. The van der Waals surface area contributed by atoms with E-state index in [0.29, 0.717) is 4.90 Å². The zero-order chi connectivity index (χ0) is 36.2. The van der Waals surface area contributed by atoms with E-state index < -0.39 is 116 Å². The minimum Gasteiger partial charge on any atom is -0.480 e. The first-order valence-corrected chi connectivity index (χ1v) is 14.4. The van der Waals surface area contributed by atoms with E-state index in [1.807, 2.05) is 5.32 Å². The van der Waals surface area contributed by atoms with Gasteiger partial charge in [-0.05, 0) is 67.1 Å². The number of carbonyl (C=O) groups is 2. The number of aliphatic hydroxyl groups is 1. The van der Waals surface area contributed by atoms with E-state index in [1.54, 1.807) is 0 Å². The number of nitrogens with one attached hydrogen (secondary N) is 1. The van der Waals surface area contributed by atoms with Gasteiger partial charge in [-0.1, -0.05) is 18.2 Å². The lowest BCUT2D eigenvalue weighted by atomic mass is 9.76. The van der Waals surface area contributed by atoms with Crippen molar-refractivity contribution in [3.05, 3.63) is 57.8 Å². The van der Waals surface area contributed by atoms with Crippen LogP contribution >= 0.6 is 0 Å². The quantitative estimate of drug-likeness (QED) is 0.319. The van der Waals surface area contributed by atoms with Crippen LogP contribution in [0.5, 0.6) is 0 Å². The molecule has 3 atom stereocenters. The number of benzene rings is 1. The average molecular weight is 712 g/mol. The van der Waals surface area contributed by atoms with Gasteiger partial charge in [0.05, 0.1) is 12.1 Å². The van der Waals surface area contributed by atoms with Crippen LogP contribution in [0.4, 0.5) is 52.7 Å². The summed E-state index contributed by atoms with van der Waals surface area (Å²) in [6, 6.07) is 1.92. The van der Waals surface area contributed by atoms with Crippen molar-refractivity contribution in [1.82, 2.24) is 15.1 Å². The molecule has 19 heteroatoms. The van der Waals surface area contributed by atoms with Crippen LogP contribution in [0, 0.1) is 5.41 Å². The Hall–Kier alpha value is -3.48. The number of allylic oxidation sites excluding steroid dienone is 3. The van der Waals surface area contributed by atoms with Gasteiger partial charge in [-0.15, -0.1) is 0 Å². The molecule has 1 amide bonds. The van der Waals surface area contributed by atoms with Gasteiger partial charge in [-0.3, -0.25) is 9.69 Å². The molecule has 0 saturated carbocycles. The molecule has 1 unspecified atom stereocenters. The van der Waals surface area contributed by atoms with Crippen LogP contribution < -0.4 is 5.32 Å².